The summed E-state index contributed by atoms with van der Waals surface area (Å²) >= 11 is 0. The summed E-state index contributed by atoms with van der Waals surface area (Å²) in [6, 6.07) is -0.0313. The van der Waals surface area contributed by atoms with Crippen LogP contribution >= 0.6 is 0 Å². The zero-order chi connectivity index (χ0) is 15.6. The first-order valence-electron chi connectivity index (χ1n) is 7.23. The number of rotatable bonds is 2. The average molecular weight is 281 g/mol. The lowest BCUT2D eigenvalue weighted by Gasteiger charge is -2.27. The molecule has 20 heavy (non-hydrogen) atoms. The Morgan fingerprint density at radius 1 is 1.15 bits per heavy atom. The summed E-state index contributed by atoms with van der Waals surface area (Å²) in [5.41, 5.74) is -0.874. The highest BCUT2D eigenvalue weighted by molar-refractivity contribution is 5.94. The molecule has 1 heterocycles. The monoisotopic (exact) mass is 281 g/mol. The third-order valence-electron chi connectivity index (χ3n) is 3.14. The predicted molar refractivity (Wildman–Crippen MR) is 79.6 cm³/mol. The molecule has 1 aliphatic rings. The van der Waals surface area contributed by atoms with Crippen LogP contribution in [-0.2, 0) is 9.53 Å². The number of likely N-dealkylation sites (tertiary alicyclic amines) is 1. The molecule has 0 aromatic rings. The van der Waals surface area contributed by atoms with Gasteiger partial charge in [-0.2, -0.15) is 0 Å². The molecule has 1 amide bonds. The van der Waals surface area contributed by atoms with Gasteiger partial charge in [0.05, 0.1) is 6.04 Å². The first kappa shape index (κ1) is 16.7. The largest absolute Gasteiger partial charge is 0.444 e. The maximum atomic E-state index is 12.1. The summed E-state index contributed by atoms with van der Waals surface area (Å²) in [5, 5.41) is 0. The molecular formula is C16H27NO3. The van der Waals surface area contributed by atoms with Crippen molar-refractivity contribution in [2.75, 3.05) is 6.54 Å². The van der Waals surface area contributed by atoms with Crippen molar-refractivity contribution in [3.8, 4) is 0 Å². The second-order valence-corrected chi connectivity index (χ2v) is 7.36. The van der Waals surface area contributed by atoms with Crippen LogP contribution in [0.1, 0.15) is 54.4 Å². The third-order valence-corrected chi connectivity index (χ3v) is 3.14. The fourth-order valence-electron chi connectivity index (χ4n) is 1.99. The number of amides is 1. The molecular weight excluding hydrogens is 254 g/mol. The zero-order valence-electron chi connectivity index (χ0n) is 13.5. The van der Waals surface area contributed by atoms with Crippen molar-refractivity contribution in [1.29, 1.82) is 0 Å². The molecule has 4 heteroatoms. The molecule has 0 unspecified atom stereocenters. The lowest BCUT2D eigenvalue weighted by molar-refractivity contribution is -0.121. The van der Waals surface area contributed by atoms with E-state index < -0.39 is 5.60 Å². The summed E-state index contributed by atoms with van der Waals surface area (Å²) in [4.78, 5) is 25.7. The van der Waals surface area contributed by atoms with Crippen molar-refractivity contribution in [2.45, 2.75) is 66.0 Å². The van der Waals surface area contributed by atoms with Crippen molar-refractivity contribution in [3.63, 3.8) is 0 Å². The Kier molecular flexibility index (Phi) is 5.00. The summed E-state index contributed by atoms with van der Waals surface area (Å²) in [5.74, 6) is 0.0774. The minimum absolute atomic E-state index is 0.0313. The highest BCUT2D eigenvalue weighted by atomic mass is 16.6. The topological polar surface area (TPSA) is 46.6 Å². The van der Waals surface area contributed by atoms with Crippen LogP contribution in [-0.4, -0.2) is 35.0 Å². The number of carbonyl (C=O) groups is 2. The van der Waals surface area contributed by atoms with Gasteiger partial charge in [-0.1, -0.05) is 26.8 Å². The lowest BCUT2D eigenvalue weighted by atomic mass is 9.90. The minimum Gasteiger partial charge on any atom is -0.444 e. The Morgan fingerprint density at radius 3 is 2.25 bits per heavy atom. The standard InChI is InChI=1S/C16H27NO3/c1-15(2,3)13(18)10-9-12-8-7-11-17(12)14(19)20-16(4,5)6/h9-10,12H,7-8,11H2,1-6H3/b10-9+/t12-/m1/s1. The molecule has 114 valence electrons. The normalized spacial score (nSPS) is 20.5. The maximum absolute atomic E-state index is 12.1. The van der Waals surface area contributed by atoms with E-state index in [0.717, 1.165) is 12.8 Å². The summed E-state index contributed by atoms with van der Waals surface area (Å²) in [6.45, 7) is 11.9. The van der Waals surface area contributed by atoms with Gasteiger partial charge in [0.25, 0.3) is 0 Å². The Morgan fingerprint density at radius 2 is 1.75 bits per heavy atom. The van der Waals surface area contributed by atoms with Crippen LogP contribution in [0.25, 0.3) is 0 Å². The molecule has 1 saturated heterocycles. The lowest BCUT2D eigenvalue weighted by Crippen LogP contribution is -2.39. The summed E-state index contributed by atoms with van der Waals surface area (Å²) in [6.07, 6.45) is 4.97. The minimum atomic E-state index is -0.491. The molecule has 0 N–H and O–H groups in total. The molecule has 0 aromatic carbocycles. The van der Waals surface area contributed by atoms with Gasteiger partial charge in [0.2, 0.25) is 0 Å². The number of hydrogen-bond donors (Lipinski definition) is 0. The average Bonchev–Trinajstić information content (AvgIpc) is 2.70. The maximum Gasteiger partial charge on any atom is 0.410 e. The molecule has 1 aliphatic heterocycles. The number of allylic oxidation sites excluding steroid dienone is 1. The predicted octanol–water partition coefficient (Wildman–Crippen LogP) is 3.56. The first-order valence-corrected chi connectivity index (χ1v) is 7.23. The second kappa shape index (κ2) is 5.98. The Balaban J connectivity index is 2.69. The molecule has 0 radical (unpaired) electrons. The molecule has 0 bridgehead atoms. The second-order valence-electron chi connectivity index (χ2n) is 7.36. The van der Waals surface area contributed by atoms with Crippen LogP contribution in [0, 0.1) is 5.41 Å². The zero-order valence-corrected chi connectivity index (χ0v) is 13.5. The molecule has 0 saturated carbocycles. The van der Waals surface area contributed by atoms with Gasteiger partial charge in [-0.3, -0.25) is 4.79 Å². The fraction of sp³-hybridized carbons (Fsp3) is 0.750. The number of hydrogen-bond acceptors (Lipinski definition) is 3. The van der Waals surface area contributed by atoms with E-state index in [0.29, 0.717) is 6.54 Å². The van der Waals surface area contributed by atoms with Crippen LogP contribution in [0.5, 0.6) is 0 Å². The Hall–Kier alpha value is -1.32. The SMILES string of the molecule is CC(C)(C)OC(=O)N1CCC[C@@H]1/C=C/C(=O)C(C)(C)C. The van der Waals surface area contributed by atoms with E-state index in [1.165, 1.54) is 0 Å². The van der Waals surface area contributed by atoms with Gasteiger partial charge in [0.15, 0.2) is 5.78 Å². The number of carbonyl (C=O) groups excluding carboxylic acids is 2. The Labute approximate surface area is 122 Å². The van der Waals surface area contributed by atoms with Crippen molar-refractivity contribution < 1.29 is 14.3 Å². The summed E-state index contributed by atoms with van der Waals surface area (Å²) in [7, 11) is 0. The van der Waals surface area contributed by atoms with Crippen LogP contribution < -0.4 is 0 Å². The van der Waals surface area contributed by atoms with Gasteiger partial charge in [-0.25, -0.2) is 4.79 Å². The van der Waals surface area contributed by atoms with Crippen LogP contribution in [0.4, 0.5) is 4.79 Å². The van der Waals surface area contributed by atoms with E-state index in [2.05, 4.69) is 0 Å². The van der Waals surface area contributed by atoms with Crippen molar-refractivity contribution in [2.24, 2.45) is 5.41 Å². The third kappa shape index (κ3) is 4.99. The van der Waals surface area contributed by atoms with Crippen molar-refractivity contribution >= 4 is 11.9 Å². The first-order chi connectivity index (χ1) is 9.00. The van der Waals surface area contributed by atoms with Crippen molar-refractivity contribution in [3.05, 3.63) is 12.2 Å². The van der Waals surface area contributed by atoms with Gasteiger partial charge in [0, 0.05) is 12.0 Å². The molecule has 0 aromatic heterocycles. The van der Waals surface area contributed by atoms with Gasteiger partial charge in [-0.15, -0.1) is 0 Å². The van der Waals surface area contributed by atoms with E-state index >= 15 is 0 Å². The molecule has 0 spiro atoms. The highest BCUT2D eigenvalue weighted by Gasteiger charge is 2.31. The molecule has 4 nitrogen and oxygen atoms in total. The van der Waals surface area contributed by atoms with Gasteiger partial charge >= 0.3 is 6.09 Å². The van der Waals surface area contributed by atoms with Gasteiger partial charge < -0.3 is 9.64 Å². The smallest absolute Gasteiger partial charge is 0.410 e. The van der Waals surface area contributed by atoms with E-state index in [4.69, 9.17) is 4.74 Å². The Bertz CT molecular complexity index is 399. The molecule has 0 aliphatic carbocycles. The van der Waals surface area contributed by atoms with E-state index in [1.807, 2.05) is 47.6 Å². The van der Waals surface area contributed by atoms with Gasteiger partial charge in [-0.05, 0) is 39.7 Å². The van der Waals surface area contributed by atoms with Crippen molar-refractivity contribution in [1.82, 2.24) is 4.90 Å². The van der Waals surface area contributed by atoms with Gasteiger partial charge in [0.1, 0.15) is 5.60 Å². The van der Waals surface area contributed by atoms with E-state index in [-0.39, 0.29) is 23.3 Å². The molecule has 1 fully saturated rings. The van der Waals surface area contributed by atoms with Crippen LogP contribution in [0.15, 0.2) is 12.2 Å². The number of ether oxygens (including phenoxy) is 1. The highest BCUT2D eigenvalue weighted by Crippen LogP contribution is 2.22. The fourth-order valence-corrected chi connectivity index (χ4v) is 1.99. The molecule has 1 atom stereocenters. The summed E-state index contributed by atoms with van der Waals surface area (Å²) < 4.78 is 5.39. The quantitative estimate of drug-likeness (QED) is 0.727. The number of nitrogens with zero attached hydrogens (tertiary/aromatic N) is 1. The number of ketones is 1. The van der Waals surface area contributed by atoms with E-state index in [1.54, 1.807) is 11.0 Å². The van der Waals surface area contributed by atoms with E-state index in [9.17, 15) is 9.59 Å². The van der Waals surface area contributed by atoms with Crippen LogP contribution in [0.3, 0.4) is 0 Å². The molecule has 1 rings (SSSR count). The van der Waals surface area contributed by atoms with Crippen LogP contribution in [0.2, 0.25) is 0 Å².